The zero-order chi connectivity index (χ0) is 26.2. The topological polar surface area (TPSA) is 42.3 Å². The highest BCUT2D eigenvalue weighted by molar-refractivity contribution is 7.80. The summed E-state index contributed by atoms with van der Waals surface area (Å²) in [6, 6.07) is 21.6. The van der Waals surface area contributed by atoms with Crippen molar-refractivity contribution in [1.82, 2.24) is 14.9 Å². The molecule has 1 aliphatic heterocycles. The zero-order valence-corrected chi connectivity index (χ0v) is 21.0. The van der Waals surface area contributed by atoms with Gasteiger partial charge in [-0.05, 0) is 92.8 Å². The van der Waals surface area contributed by atoms with Crippen molar-refractivity contribution < 1.29 is 17.9 Å². The molecule has 5 nitrogen and oxygen atoms in total. The predicted octanol–water partition coefficient (Wildman–Crippen LogP) is 6.86. The van der Waals surface area contributed by atoms with Crippen LogP contribution in [-0.2, 0) is 6.18 Å². The van der Waals surface area contributed by atoms with Crippen molar-refractivity contribution in [3.05, 3.63) is 108 Å². The average Bonchev–Trinajstić information content (AvgIpc) is 3.49. The first-order valence-electron chi connectivity index (χ1n) is 11.8. The fourth-order valence-electron chi connectivity index (χ4n) is 4.59. The van der Waals surface area contributed by atoms with E-state index in [9.17, 15) is 13.2 Å². The smallest absolute Gasteiger partial charge is 0.416 e. The summed E-state index contributed by atoms with van der Waals surface area (Å²) < 4.78 is 48.0. The summed E-state index contributed by atoms with van der Waals surface area (Å²) in [5.74, 6) is 0.738. The van der Waals surface area contributed by atoms with Crippen LogP contribution in [0.1, 0.15) is 42.9 Å². The van der Waals surface area contributed by atoms with E-state index in [0.717, 1.165) is 35.0 Å². The van der Waals surface area contributed by atoms with Gasteiger partial charge in [-0.3, -0.25) is 4.98 Å². The van der Waals surface area contributed by atoms with Crippen molar-refractivity contribution in [3.63, 3.8) is 0 Å². The molecule has 5 rings (SSSR count). The first kappa shape index (κ1) is 24.8. The number of alkyl halides is 3. The lowest BCUT2D eigenvalue weighted by atomic mass is 10.0. The molecule has 0 radical (unpaired) electrons. The van der Waals surface area contributed by atoms with Crippen molar-refractivity contribution in [2.45, 2.75) is 38.2 Å². The highest BCUT2D eigenvalue weighted by Gasteiger charge is 2.42. The lowest BCUT2D eigenvalue weighted by Crippen LogP contribution is -2.30. The molecule has 190 valence electrons. The average molecular weight is 523 g/mol. The Hall–Kier alpha value is -3.85. The number of ether oxygens (including phenoxy) is 1. The molecule has 2 atom stereocenters. The van der Waals surface area contributed by atoms with Crippen LogP contribution in [0.3, 0.4) is 0 Å². The third kappa shape index (κ3) is 5.04. The second-order valence-corrected chi connectivity index (χ2v) is 9.39. The Morgan fingerprint density at radius 3 is 2.41 bits per heavy atom. The number of hydrogen-bond acceptors (Lipinski definition) is 3. The summed E-state index contributed by atoms with van der Waals surface area (Å²) >= 11 is 5.78. The molecule has 4 aromatic rings. The molecule has 1 aliphatic rings. The summed E-state index contributed by atoms with van der Waals surface area (Å²) in [4.78, 5) is 6.53. The summed E-state index contributed by atoms with van der Waals surface area (Å²) in [7, 11) is 0. The van der Waals surface area contributed by atoms with E-state index in [1.54, 1.807) is 23.0 Å². The third-order valence-electron chi connectivity index (χ3n) is 6.12. The number of aromatic nitrogens is 2. The van der Waals surface area contributed by atoms with Crippen molar-refractivity contribution in [2.24, 2.45) is 0 Å². The van der Waals surface area contributed by atoms with Crippen molar-refractivity contribution in [3.8, 4) is 11.4 Å². The van der Waals surface area contributed by atoms with Gasteiger partial charge in [-0.1, -0.05) is 12.1 Å². The van der Waals surface area contributed by atoms with Crippen LogP contribution in [-0.4, -0.2) is 20.8 Å². The van der Waals surface area contributed by atoms with Crippen LogP contribution in [0.5, 0.6) is 5.75 Å². The monoisotopic (exact) mass is 522 g/mol. The number of anilines is 1. The van der Waals surface area contributed by atoms with Crippen LogP contribution < -0.4 is 15.0 Å². The van der Waals surface area contributed by atoms with Gasteiger partial charge in [0.1, 0.15) is 11.8 Å². The molecular formula is C28H25F3N4OS. The SMILES string of the molecule is CC(C)Oc1ccc(N2C(=S)N[C@H](c3ccccn3)[C@H]2c2cccn2-c2cccc(C(F)(F)F)c2)cc1. The summed E-state index contributed by atoms with van der Waals surface area (Å²) in [6.45, 7) is 3.92. The number of pyridine rings is 1. The van der Waals surface area contributed by atoms with Gasteiger partial charge in [-0.2, -0.15) is 13.2 Å². The maximum atomic E-state index is 13.5. The Labute approximate surface area is 218 Å². The van der Waals surface area contributed by atoms with Crippen molar-refractivity contribution in [2.75, 3.05) is 4.90 Å². The number of nitrogens with zero attached hydrogens (tertiary/aromatic N) is 3. The lowest BCUT2D eigenvalue weighted by Gasteiger charge is -2.29. The molecule has 0 unspecified atom stereocenters. The molecular weight excluding hydrogens is 497 g/mol. The summed E-state index contributed by atoms with van der Waals surface area (Å²) in [5, 5.41) is 3.88. The Morgan fingerprint density at radius 2 is 1.73 bits per heavy atom. The highest BCUT2D eigenvalue weighted by Crippen LogP contribution is 2.43. The van der Waals surface area contributed by atoms with Crippen molar-refractivity contribution >= 4 is 23.0 Å². The van der Waals surface area contributed by atoms with Crippen LogP contribution in [0.15, 0.2) is 91.3 Å². The molecule has 3 heterocycles. The minimum atomic E-state index is -4.44. The molecule has 0 spiro atoms. The number of halogens is 3. The molecule has 2 aromatic carbocycles. The minimum Gasteiger partial charge on any atom is -0.491 e. The van der Waals surface area contributed by atoms with Crippen molar-refractivity contribution in [1.29, 1.82) is 0 Å². The van der Waals surface area contributed by atoms with Gasteiger partial charge in [-0.15, -0.1) is 0 Å². The first-order chi connectivity index (χ1) is 17.7. The van der Waals surface area contributed by atoms with E-state index < -0.39 is 11.7 Å². The molecule has 0 aliphatic carbocycles. The van der Waals surface area contributed by atoms with E-state index >= 15 is 0 Å². The molecule has 2 aromatic heterocycles. The van der Waals surface area contributed by atoms with Crippen LogP contribution in [0.4, 0.5) is 18.9 Å². The zero-order valence-electron chi connectivity index (χ0n) is 20.2. The fraction of sp³-hybridized carbons (Fsp3) is 0.214. The summed E-state index contributed by atoms with van der Waals surface area (Å²) in [5.41, 5.74) is 2.07. The normalized spacial score (nSPS) is 17.8. The van der Waals surface area contributed by atoms with Gasteiger partial charge in [0.2, 0.25) is 0 Å². The second kappa shape index (κ2) is 9.89. The van der Waals surface area contributed by atoms with Crippen LogP contribution >= 0.6 is 12.2 Å². The van der Waals surface area contributed by atoms with Crippen LogP contribution in [0.25, 0.3) is 5.69 Å². The van der Waals surface area contributed by atoms with E-state index in [4.69, 9.17) is 17.0 Å². The highest BCUT2D eigenvalue weighted by atomic mass is 32.1. The van der Waals surface area contributed by atoms with E-state index in [0.29, 0.717) is 10.8 Å². The predicted molar refractivity (Wildman–Crippen MR) is 141 cm³/mol. The standard InChI is InChI=1S/C28H25F3N4OS/c1-18(2)36-22-13-11-20(12-14-22)35-26(25(33-27(35)37)23-9-3-4-15-32-23)24-10-6-16-34(24)21-8-5-7-19(17-21)28(29,30)31/h3-18,25-26H,1-2H3,(H,33,37)/t25-,26-/m1/s1. The van der Waals surface area contributed by atoms with Gasteiger partial charge in [0, 0.05) is 29.5 Å². The number of hydrogen-bond donors (Lipinski definition) is 1. The van der Waals surface area contributed by atoms with Gasteiger partial charge in [0.05, 0.1) is 23.4 Å². The van der Waals surface area contributed by atoms with E-state index in [1.807, 2.05) is 73.3 Å². The Bertz CT molecular complexity index is 1390. The summed E-state index contributed by atoms with van der Waals surface area (Å²) in [6.07, 6.45) is -0.928. The quantitative estimate of drug-likeness (QED) is 0.281. The first-order valence-corrected chi connectivity index (χ1v) is 12.3. The Kier molecular flexibility index (Phi) is 6.64. The molecule has 0 amide bonds. The number of thiocarbonyl (C=S) groups is 1. The number of rotatable bonds is 6. The maximum absolute atomic E-state index is 13.5. The Morgan fingerprint density at radius 1 is 0.946 bits per heavy atom. The number of benzene rings is 2. The molecule has 1 N–H and O–H groups in total. The molecule has 37 heavy (non-hydrogen) atoms. The Balaban J connectivity index is 1.61. The van der Waals surface area contributed by atoms with E-state index in [2.05, 4.69) is 10.3 Å². The molecule has 0 bridgehead atoms. The second-order valence-electron chi connectivity index (χ2n) is 9.01. The third-order valence-corrected chi connectivity index (χ3v) is 6.43. The molecule has 1 saturated heterocycles. The molecule has 9 heteroatoms. The van der Waals surface area contributed by atoms with E-state index in [-0.39, 0.29) is 18.2 Å². The van der Waals surface area contributed by atoms with Gasteiger partial charge < -0.3 is 19.5 Å². The van der Waals surface area contributed by atoms with Gasteiger partial charge >= 0.3 is 6.18 Å². The maximum Gasteiger partial charge on any atom is 0.416 e. The molecule has 1 fully saturated rings. The fourth-order valence-corrected chi connectivity index (χ4v) is 4.94. The lowest BCUT2D eigenvalue weighted by molar-refractivity contribution is -0.137. The largest absolute Gasteiger partial charge is 0.491 e. The van der Waals surface area contributed by atoms with Gasteiger partial charge in [0.15, 0.2) is 5.11 Å². The van der Waals surface area contributed by atoms with Crippen LogP contribution in [0.2, 0.25) is 0 Å². The molecule has 0 saturated carbocycles. The minimum absolute atomic E-state index is 0.0393. The van der Waals surface area contributed by atoms with E-state index in [1.165, 1.54) is 6.07 Å². The van der Waals surface area contributed by atoms with Crippen LogP contribution in [0, 0.1) is 0 Å². The van der Waals surface area contributed by atoms with Gasteiger partial charge in [-0.25, -0.2) is 0 Å². The number of nitrogens with one attached hydrogen (secondary N) is 1. The van der Waals surface area contributed by atoms with Gasteiger partial charge in [0.25, 0.3) is 0 Å².